The molecular weight excluding hydrogens is 401 g/mol. The summed E-state index contributed by atoms with van der Waals surface area (Å²) in [7, 11) is 2.85. The number of anilines is 1. The molecule has 30 heavy (non-hydrogen) atoms. The lowest BCUT2D eigenvalue weighted by atomic mass is 10.2. The van der Waals surface area contributed by atoms with Crippen LogP contribution in [-0.2, 0) is 26.8 Å². The van der Waals surface area contributed by atoms with Gasteiger partial charge >= 0.3 is 6.18 Å². The predicted molar refractivity (Wildman–Crippen MR) is 105 cm³/mol. The van der Waals surface area contributed by atoms with Gasteiger partial charge in [-0.05, 0) is 20.1 Å². The number of allylic oxidation sites excluding steroid dienone is 2. The number of nitrogens with one attached hydrogen (secondary N) is 1. The van der Waals surface area contributed by atoms with E-state index in [1.807, 2.05) is 13.0 Å². The molecule has 0 spiro atoms. The molecule has 162 valence electrons. The van der Waals surface area contributed by atoms with Gasteiger partial charge in [-0.2, -0.15) is 18.3 Å². The number of alkyl halides is 3. The Labute approximate surface area is 171 Å². The van der Waals surface area contributed by atoms with Gasteiger partial charge in [0.05, 0.1) is 6.61 Å². The van der Waals surface area contributed by atoms with Crippen molar-refractivity contribution in [2.45, 2.75) is 26.1 Å². The van der Waals surface area contributed by atoms with Crippen LogP contribution in [0.4, 0.5) is 18.9 Å². The van der Waals surface area contributed by atoms with E-state index in [4.69, 9.17) is 4.74 Å². The fourth-order valence-electron chi connectivity index (χ4n) is 3.28. The van der Waals surface area contributed by atoms with Crippen LogP contribution in [0.2, 0.25) is 0 Å². The summed E-state index contributed by atoms with van der Waals surface area (Å²) in [4.78, 5) is 16.3. The molecule has 3 rings (SSSR count). The van der Waals surface area contributed by atoms with Crippen molar-refractivity contribution in [2.75, 3.05) is 11.9 Å². The maximum atomic E-state index is 13.1. The zero-order chi connectivity index (χ0) is 22.1. The van der Waals surface area contributed by atoms with Crippen LogP contribution in [0.15, 0.2) is 33.8 Å². The van der Waals surface area contributed by atoms with Gasteiger partial charge in [0, 0.05) is 56.0 Å². The molecule has 1 fully saturated rings. The highest BCUT2D eigenvalue weighted by Gasteiger charge is 2.40. The van der Waals surface area contributed by atoms with E-state index in [0.29, 0.717) is 12.5 Å². The van der Waals surface area contributed by atoms with Gasteiger partial charge in [-0.25, -0.2) is 4.68 Å². The molecule has 2 unspecified atom stereocenters. The average Bonchev–Trinajstić information content (AvgIpc) is 3.33. The number of hydrogen-bond donors (Lipinski definition) is 1. The largest absolute Gasteiger partial charge is 0.476 e. The first-order valence-electron chi connectivity index (χ1n) is 9.31. The molecule has 1 saturated carbocycles. The molecule has 0 saturated heterocycles. The van der Waals surface area contributed by atoms with Crippen LogP contribution < -0.4 is 15.6 Å². The molecule has 0 aliphatic heterocycles. The van der Waals surface area contributed by atoms with Gasteiger partial charge in [0.1, 0.15) is 5.69 Å². The molecule has 0 amide bonds. The highest BCUT2D eigenvalue weighted by atomic mass is 19.4. The Morgan fingerprint density at radius 1 is 1.43 bits per heavy atom. The quantitative estimate of drug-likeness (QED) is 0.659. The maximum absolute atomic E-state index is 13.1. The second-order valence-electron chi connectivity index (χ2n) is 7.14. The summed E-state index contributed by atoms with van der Waals surface area (Å²) in [6.45, 7) is 5.63. The van der Waals surface area contributed by atoms with Crippen molar-refractivity contribution in [1.82, 2.24) is 19.6 Å². The monoisotopic (exact) mass is 424 g/mol. The zero-order valence-corrected chi connectivity index (χ0v) is 16.9. The summed E-state index contributed by atoms with van der Waals surface area (Å²) in [5.41, 5.74) is -0.514. The summed E-state index contributed by atoms with van der Waals surface area (Å²) in [5.74, 6) is 0.784. The third-order valence-corrected chi connectivity index (χ3v) is 4.91. The Hall–Kier alpha value is -3.11. The first kappa shape index (κ1) is 21.6. The Balaban J connectivity index is 1.69. The van der Waals surface area contributed by atoms with Gasteiger partial charge in [-0.3, -0.25) is 14.5 Å². The highest BCUT2D eigenvalue weighted by molar-refractivity contribution is 5.44. The third kappa shape index (κ3) is 4.71. The second-order valence-corrected chi connectivity index (χ2v) is 7.14. The third-order valence-electron chi connectivity index (χ3n) is 4.91. The number of nitrogens with zero attached hydrogens (tertiary/aromatic N) is 5. The van der Waals surface area contributed by atoms with Gasteiger partial charge in [-0.15, -0.1) is 5.10 Å². The number of aryl methyl sites for hydroxylation is 2. The number of hydrogen-bond acceptors (Lipinski definition) is 6. The van der Waals surface area contributed by atoms with Crippen molar-refractivity contribution < 1.29 is 17.9 Å². The van der Waals surface area contributed by atoms with Gasteiger partial charge in [0.15, 0.2) is 5.69 Å². The Bertz CT molecular complexity index is 1020. The number of aliphatic imine (C=N–C) groups is 1. The van der Waals surface area contributed by atoms with Crippen LogP contribution in [0.1, 0.15) is 24.6 Å². The van der Waals surface area contributed by atoms with E-state index in [-0.39, 0.29) is 29.6 Å². The van der Waals surface area contributed by atoms with Gasteiger partial charge in [-0.1, -0.05) is 6.08 Å². The molecule has 2 atom stereocenters. The summed E-state index contributed by atoms with van der Waals surface area (Å²) in [5, 5.41) is 10.3. The summed E-state index contributed by atoms with van der Waals surface area (Å²) < 4.78 is 47.2. The first-order valence-corrected chi connectivity index (χ1v) is 9.31. The van der Waals surface area contributed by atoms with Crippen molar-refractivity contribution in [3.8, 4) is 5.88 Å². The molecule has 0 bridgehead atoms. The minimum atomic E-state index is -4.58. The van der Waals surface area contributed by atoms with E-state index in [9.17, 15) is 18.0 Å². The van der Waals surface area contributed by atoms with Crippen LogP contribution in [0.3, 0.4) is 0 Å². The fourth-order valence-corrected chi connectivity index (χ4v) is 3.28. The number of rotatable bonds is 8. The van der Waals surface area contributed by atoms with Crippen LogP contribution in [0.25, 0.3) is 0 Å². The Morgan fingerprint density at radius 3 is 2.80 bits per heavy atom. The van der Waals surface area contributed by atoms with Crippen LogP contribution in [-0.4, -0.2) is 32.9 Å². The summed E-state index contributed by atoms with van der Waals surface area (Å²) in [6, 6.07) is 1.39. The van der Waals surface area contributed by atoms with Crippen molar-refractivity contribution in [1.29, 1.82) is 0 Å². The van der Waals surface area contributed by atoms with Crippen LogP contribution in [0, 0.1) is 11.8 Å². The number of halogens is 3. The molecule has 2 heterocycles. The molecule has 8 nitrogen and oxygen atoms in total. The van der Waals surface area contributed by atoms with Crippen molar-refractivity contribution in [3.63, 3.8) is 0 Å². The molecule has 1 aliphatic carbocycles. The lowest BCUT2D eigenvalue weighted by Crippen LogP contribution is -2.24. The fraction of sp³-hybridized carbons (Fsp3) is 0.474. The number of ether oxygens (including phenoxy) is 1. The van der Waals surface area contributed by atoms with E-state index in [1.54, 1.807) is 0 Å². The maximum Gasteiger partial charge on any atom is 0.435 e. The first-order chi connectivity index (χ1) is 14.1. The summed E-state index contributed by atoms with van der Waals surface area (Å²) >= 11 is 0. The molecule has 2 aromatic rings. The lowest BCUT2D eigenvalue weighted by Gasteiger charge is -2.11. The van der Waals surface area contributed by atoms with E-state index >= 15 is 0 Å². The van der Waals surface area contributed by atoms with Gasteiger partial charge in [0.2, 0.25) is 5.88 Å². The molecule has 1 N–H and O–H groups in total. The average molecular weight is 424 g/mol. The normalized spacial score (nSPS) is 18.9. The minimum Gasteiger partial charge on any atom is -0.476 e. The van der Waals surface area contributed by atoms with E-state index in [1.165, 1.54) is 26.4 Å². The standard InChI is InChI=1S/C19H23F3N6O2/c1-5-14(23-2)13-6-11(13)10-30-16-7-15(18(29)28(4)25-16)24-8-12-9-27(3)26-17(12)19(20,21)22/h5,7,9,11,13,24H,2,6,8,10H2,1,3-4H3/b14-5-. The Morgan fingerprint density at radius 2 is 2.17 bits per heavy atom. The highest BCUT2D eigenvalue weighted by Crippen LogP contribution is 2.44. The van der Waals surface area contributed by atoms with Crippen molar-refractivity contribution in [3.05, 3.63) is 45.6 Å². The van der Waals surface area contributed by atoms with Crippen molar-refractivity contribution in [2.24, 2.45) is 30.9 Å². The lowest BCUT2D eigenvalue weighted by molar-refractivity contribution is -0.142. The van der Waals surface area contributed by atoms with E-state index in [0.717, 1.165) is 21.5 Å². The molecule has 0 aromatic carbocycles. The van der Waals surface area contributed by atoms with Crippen LogP contribution >= 0.6 is 0 Å². The van der Waals surface area contributed by atoms with Gasteiger partial charge in [0.25, 0.3) is 5.56 Å². The Kier molecular flexibility index (Phi) is 5.99. The SMILES string of the molecule is C=N/C(=C\C)C1CC1COc1cc(NCc2cn(C)nc2C(F)(F)F)c(=O)n(C)n1. The van der Waals surface area contributed by atoms with E-state index < -0.39 is 17.4 Å². The zero-order valence-electron chi connectivity index (χ0n) is 16.9. The number of aromatic nitrogens is 4. The van der Waals surface area contributed by atoms with Crippen LogP contribution in [0.5, 0.6) is 5.88 Å². The second kappa shape index (κ2) is 8.33. The smallest absolute Gasteiger partial charge is 0.435 e. The topological polar surface area (TPSA) is 86.3 Å². The predicted octanol–water partition coefficient (Wildman–Crippen LogP) is 2.76. The molecular formula is C19H23F3N6O2. The van der Waals surface area contributed by atoms with Crippen molar-refractivity contribution >= 4 is 12.4 Å². The molecule has 11 heteroatoms. The van der Waals surface area contributed by atoms with Gasteiger partial charge < -0.3 is 10.1 Å². The summed E-state index contributed by atoms with van der Waals surface area (Å²) in [6.07, 6.45) is -0.476. The van der Waals surface area contributed by atoms with E-state index in [2.05, 4.69) is 27.2 Å². The molecule has 1 aliphatic rings. The minimum absolute atomic E-state index is 0.0667. The molecule has 0 radical (unpaired) electrons. The molecule has 2 aromatic heterocycles.